The molecule has 38 heavy (non-hydrogen) atoms. The number of ketones is 1. The van der Waals surface area contributed by atoms with Crippen molar-refractivity contribution < 1.29 is 33.8 Å². The van der Waals surface area contributed by atoms with Gasteiger partial charge in [0.25, 0.3) is 0 Å². The number of phenolic OH excluding ortho intramolecular Hbond substituents is 1. The lowest BCUT2D eigenvalue weighted by Gasteiger charge is -2.36. The van der Waals surface area contributed by atoms with Gasteiger partial charge in [0, 0.05) is 52.8 Å². The molecule has 2 N–H and O–H groups in total. The van der Waals surface area contributed by atoms with Crippen LogP contribution in [-0.4, -0.2) is 48.2 Å². The van der Waals surface area contributed by atoms with E-state index in [1.807, 2.05) is 24.4 Å². The molecule has 0 fully saturated rings. The molecule has 10 nitrogen and oxygen atoms in total. The van der Waals surface area contributed by atoms with Gasteiger partial charge in [-0.3, -0.25) is 14.9 Å². The van der Waals surface area contributed by atoms with Crippen molar-refractivity contribution in [1.82, 2.24) is 5.32 Å². The largest absolute Gasteiger partial charge is 0.500 e. The number of ether oxygens (including phenoxy) is 3. The molecule has 2 heterocycles. The van der Waals surface area contributed by atoms with E-state index >= 15 is 0 Å². The number of phenols is 1. The fraction of sp³-hybridized carbons (Fsp3) is 0.407. The first-order valence-electron chi connectivity index (χ1n) is 12.4. The average Bonchev–Trinajstić information content (AvgIpc) is 3.42. The second-order valence-corrected chi connectivity index (χ2v) is 9.92. The minimum absolute atomic E-state index is 0.0103. The summed E-state index contributed by atoms with van der Waals surface area (Å²) in [6.45, 7) is 6.07. The molecule has 0 saturated heterocycles. The Morgan fingerprint density at radius 2 is 2.03 bits per heavy atom. The van der Waals surface area contributed by atoms with E-state index in [0.717, 1.165) is 4.88 Å². The second kappa shape index (κ2) is 11.8. The van der Waals surface area contributed by atoms with Gasteiger partial charge in [-0.2, -0.15) is 0 Å². The number of dihydropyridines is 1. The number of esters is 1. The maximum Gasteiger partial charge on any atom is 0.336 e. The van der Waals surface area contributed by atoms with E-state index in [9.17, 15) is 24.8 Å². The number of allylic oxidation sites excluding steroid dienone is 3. The summed E-state index contributed by atoms with van der Waals surface area (Å²) < 4.78 is 16.2. The molecule has 1 aromatic carbocycles. The molecular weight excluding hydrogens is 512 g/mol. The highest BCUT2D eigenvalue weighted by atomic mass is 32.1. The van der Waals surface area contributed by atoms with Crippen LogP contribution in [0.4, 0.5) is 5.69 Å². The summed E-state index contributed by atoms with van der Waals surface area (Å²) in [7, 11) is 0. The van der Waals surface area contributed by atoms with E-state index in [2.05, 4.69) is 5.32 Å². The quantitative estimate of drug-likeness (QED) is 0.189. The lowest BCUT2D eigenvalue weighted by Crippen LogP contribution is -2.36. The van der Waals surface area contributed by atoms with Crippen LogP contribution in [0.2, 0.25) is 0 Å². The molecule has 4 rings (SSSR count). The van der Waals surface area contributed by atoms with Gasteiger partial charge in [-0.25, -0.2) is 4.79 Å². The van der Waals surface area contributed by atoms with E-state index < -0.39 is 28.2 Å². The number of Topliss-reactive ketones (excluding diaryl/α,β-unsaturated/α-hetero) is 1. The predicted octanol–water partition coefficient (Wildman–Crippen LogP) is 4.70. The third-order valence-corrected chi connectivity index (χ3v) is 7.60. The molecule has 2 aliphatic rings. The average molecular weight is 543 g/mol. The molecule has 1 aromatic heterocycles. The zero-order chi connectivity index (χ0) is 27.4. The van der Waals surface area contributed by atoms with Gasteiger partial charge >= 0.3 is 11.7 Å². The van der Waals surface area contributed by atoms with Crippen molar-refractivity contribution in [3.8, 4) is 11.5 Å². The highest BCUT2D eigenvalue weighted by molar-refractivity contribution is 7.10. The monoisotopic (exact) mass is 542 g/mol. The van der Waals surface area contributed by atoms with E-state index in [-0.39, 0.29) is 54.8 Å². The number of rotatable bonds is 10. The molecule has 0 amide bonds. The first-order chi connectivity index (χ1) is 18.3. The number of hydrogen-bond acceptors (Lipinski definition) is 10. The van der Waals surface area contributed by atoms with E-state index in [4.69, 9.17) is 14.2 Å². The fourth-order valence-corrected chi connectivity index (χ4v) is 5.80. The number of carbonyl (C=O) groups excluding carboxylic acids is 2. The van der Waals surface area contributed by atoms with E-state index in [1.54, 1.807) is 25.2 Å². The highest BCUT2D eigenvalue weighted by Gasteiger charge is 2.42. The summed E-state index contributed by atoms with van der Waals surface area (Å²) in [5.41, 5.74) is 1.40. The normalized spacial score (nSPS) is 19.2. The first-order valence-corrected chi connectivity index (χ1v) is 13.3. The van der Waals surface area contributed by atoms with Crippen LogP contribution < -0.4 is 10.1 Å². The van der Waals surface area contributed by atoms with Crippen molar-refractivity contribution in [3.63, 3.8) is 0 Å². The third-order valence-electron chi connectivity index (χ3n) is 6.57. The van der Waals surface area contributed by atoms with Crippen molar-refractivity contribution in [3.05, 3.63) is 72.7 Å². The number of thiophene rings is 1. The van der Waals surface area contributed by atoms with Crippen molar-refractivity contribution in [2.24, 2.45) is 0 Å². The Morgan fingerprint density at radius 1 is 1.24 bits per heavy atom. The molecule has 11 heteroatoms. The van der Waals surface area contributed by atoms with Gasteiger partial charge in [0.1, 0.15) is 6.61 Å². The Kier molecular flexibility index (Phi) is 8.48. The van der Waals surface area contributed by atoms with Crippen LogP contribution in [0.5, 0.6) is 11.5 Å². The Labute approximate surface area is 224 Å². The van der Waals surface area contributed by atoms with Gasteiger partial charge in [-0.1, -0.05) is 6.07 Å². The summed E-state index contributed by atoms with van der Waals surface area (Å²) in [6.07, 6.45) is 0.780. The fourth-order valence-electron chi connectivity index (χ4n) is 4.97. The molecule has 1 aliphatic carbocycles. The van der Waals surface area contributed by atoms with Crippen LogP contribution in [0, 0.1) is 10.1 Å². The third kappa shape index (κ3) is 5.44. The number of benzene rings is 1. The Hall–Kier alpha value is -3.70. The van der Waals surface area contributed by atoms with E-state index in [1.165, 1.54) is 12.1 Å². The Morgan fingerprint density at radius 3 is 2.68 bits per heavy atom. The number of nitrogens with zero attached hydrogens (tertiary/aromatic N) is 1. The minimum Gasteiger partial charge on any atom is -0.500 e. The van der Waals surface area contributed by atoms with Gasteiger partial charge in [0.15, 0.2) is 11.5 Å². The van der Waals surface area contributed by atoms with E-state index in [0.29, 0.717) is 30.0 Å². The molecular formula is C27H30N2O8S. The van der Waals surface area contributed by atoms with Crippen molar-refractivity contribution in [2.75, 3.05) is 26.4 Å². The Balaban J connectivity index is 1.84. The SMILES string of the molecule is CCOCCOC(=O)C1=C(C)NC2=C(C(=O)C[C@H](c3cccs3)C2)[C@H]1c1cc(OCC)c(O)c([N+](=O)[O-])c1. The molecule has 0 bridgehead atoms. The van der Waals surface area contributed by atoms with Gasteiger partial charge in [0.05, 0.1) is 23.7 Å². The standard InChI is InChI=1S/C27H30N2O8S/c1-4-35-8-9-37-27(32)23-15(3)28-18-11-16(22-7-6-10-38-22)13-20(30)25(18)24(23)17-12-19(29(33)34)26(31)21(14-17)36-5-2/h6-7,10,12,14,16,24,28,31H,4-5,8-9,11,13H2,1-3H3/t16-,24+/m1/s1. The Bertz CT molecular complexity index is 1300. The molecule has 0 spiro atoms. The van der Waals surface area contributed by atoms with Gasteiger partial charge in [-0.05, 0) is 50.3 Å². The van der Waals surface area contributed by atoms with Crippen LogP contribution in [0.3, 0.4) is 0 Å². The van der Waals surface area contributed by atoms with Gasteiger partial charge in [0.2, 0.25) is 5.75 Å². The maximum absolute atomic E-state index is 13.7. The van der Waals surface area contributed by atoms with Crippen LogP contribution in [-0.2, 0) is 19.1 Å². The molecule has 2 atom stereocenters. The molecule has 1 aliphatic heterocycles. The zero-order valence-corrected chi connectivity index (χ0v) is 22.3. The number of nitro benzene ring substituents is 1. The topological polar surface area (TPSA) is 137 Å². The number of hydrogen-bond donors (Lipinski definition) is 2. The van der Waals surface area contributed by atoms with Gasteiger partial charge in [-0.15, -0.1) is 11.3 Å². The van der Waals surface area contributed by atoms with Crippen LogP contribution in [0.25, 0.3) is 0 Å². The zero-order valence-electron chi connectivity index (χ0n) is 21.4. The summed E-state index contributed by atoms with van der Waals surface area (Å²) >= 11 is 1.58. The predicted molar refractivity (Wildman–Crippen MR) is 140 cm³/mol. The number of carbonyl (C=O) groups is 2. The smallest absolute Gasteiger partial charge is 0.336 e. The molecule has 202 valence electrons. The molecule has 0 unspecified atom stereocenters. The first kappa shape index (κ1) is 27.3. The number of nitro groups is 1. The summed E-state index contributed by atoms with van der Waals surface area (Å²) in [5.74, 6) is -2.50. The number of aromatic hydroxyl groups is 1. The van der Waals surface area contributed by atoms with Crippen molar-refractivity contribution in [2.45, 2.75) is 45.4 Å². The highest BCUT2D eigenvalue weighted by Crippen LogP contribution is 2.49. The van der Waals surface area contributed by atoms with Crippen molar-refractivity contribution in [1.29, 1.82) is 0 Å². The van der Waals surface area contributed by atoms with Crippen LogP contribution in [0.1, 0.15) is 55.9 Å². The molecule has 0 saturated carbocycles. The lowest BCUT2D eigenvalue weighted by molar-refractivity contribution is -0.386. The summed E-state index contributed by atoms with van der Waals surface area (Å²) in [4.78, 5) is 39.2. The van der Waals surface area contributed by atoms with Crippen LogP contribution in [0.15, 0.2) is 52.2 Å². The molecule has 2 aromatic rings. The summed E-state index contributed by atoms with van der Waals surface area (Å²) in [6, 6.07) is 6.58. The second-order valence-electron chi connectivity index (χ2n) is 8.94. The molecule has 0 radical (unpaired) electrons. The lowest BCUT2D eigenvalue weighted by atomic mass is 9.72. The summed E-state index contributed by atoms with van der Waals surface area (Å²) in [5, 5.41) is 27.5. The minimum atomic E-state index is -0.943. The van der Waals surface area contributed by atoms with Crippen LogP contribution >= 0.6 is 11.3 Å². The number of nitrogens with one attached hydrogen (secondary N) is 1. The van der Waals surface area contributed by atoms with Gasteiger partial charge < -0.3 is 24.6 Å². The van der Waals surface area contributed by atoms with Crippen molar-refractivity contribution >= 4 is 28.8 Å². The maximum atomic E-state index is 13.7.